The minimum atomic E-state index is -0.201. The topological polar surface area (TPSA) is 34.9 Å². The Kier molecular flexibility index (Phi) is 3.48. The number of carbonyl (C=O) groups is 1. The number of imidazole rings is 1. The zero-order valence-electron chi connectivity index (χ0n) is 7.55. The van der Waals surface area contributed by atoms with Crippen LogP contribution in [0.25, 0.3) is 0 Å². The Labute approximate surface area is 87.9 Å². The van der Waals surface area contributed by atoms with E-state index in [1.54, 1.807) is 6.08 Å². The molecule has 0 amide bonds. The summed E-state index contributed by atoms with van der Waals surface area (Å²) in [6.07, 6.45) is 7.54. The van der Waals surface area contributed by atoms with Gasteiger partial charge in [0.2, 0.25) is 0 Å². The molecule has 0 bridgehead atoms. The highest BCUT2D eigenvalue weighted by atomic mass is 32.1. The van der Waals surface area contributed by atoms with Crippen LogP contribution in [0.5, 0.6) is 0 Å². The van der Waals surface area contributed by atoms with E-state index in [0.717, 1.165) is 0 Å². The molecule has 0 unspecified atom stereocenters. The van der Waals surface area contributed by atoms with Gasteiger partial charge in [-0.05, 0) is 0 Å². The summed E-state index contributed by atoms with van der Waals surface area (Å²) in [6.45, 7) is 7.06. The quantitative estimate of drug-likeness (QED) is 0.467. The molecule has 0 saturated carbocycles. The summed E-state index contributed by atoms with van der Waals surface area (Å²) in [7, 11) is 0. The third kappa shape index (κ3) is 2.23. The van der Waals surface area contributed by atoms with Gasteiger partial charge in [-0.3, -0.25) is 9.36 Å². The van der Waals surface area contributed by atoms with Crippen molar-refractivity contribution in [2.45, 2.75) is 5.03 Å². The fraction of sp³-hybridized carbons (Fsp3) is 0. The molecule has 0 fully saturated rings. The summed E-state index contributed by atoms with van der Waals surface area (Å²) in [5.41, 5.74) is 0.464. The monoisotopic (exact) mass is 206 g/mol. The maximum absolute atomic E-state index is 11.7. The van der Waals surface area contributed by atoms with Crippen LogP contribution in [-0.2, 0) is 0 Å². The van der Waals surface area contributed by atoms with E-state index in [1.165, 1.54) is 29.2 Å². The molecule has 3 nitrogen and oxygen atoms in total. The molecule has 14 heavy (non-hydrogen) atoms. The molecule has 1 rings (SSSR count). The van der Waals surface area contributed by atoms with E-state index in [9.17, 15) is 4.79 Å². The molecule has 0 atom stereocenters. The van der Waals surface area contributed by atoms with Gasteiger partial charge in [-0.2, -0.15) is 0 Å². The summed E-state index contributed by atoms with van der Waals surface area (Å²) >= 11 is 4.00. The van der Waals surface area contributed by atoms with E-state index in [-0.39, 0.29) is 5.91 Å². The lowest BCUT2D eigenvalue weighted by Crippen LogP contribution is -2.09. The lowest BCUT2D eigenvalue weighted by molar-refractivity contribution is 0.0959. The number of thiol groups is 1. The number of carbonyl (C=O) groups excluding carboxylic acids is 1. The van der Waals surface area contributed by atoms with Gasteiger partial charge in [-0.25, -0.2) is 4.98 Å². The fourth-order valence-corrected chi connectivity index (χ4v) is 1.10. The van der Waals surface area contributed by atoms with Crippen LogP contribution in [-0.4, -0.2) is 15.5 Å². The van der Waals surface area contributed by atoms with Crippen molar-refractivity contribution < 1.29 is 4.79 Å². The molecule has 0 radical (unpaired) electrons. The summed E-state index contributed by atoms with van der Waals surface area (Å²) in [5.74, 6) is -0.201. The van der Waals surface area contributed by atoms with Crippen molar-refractivity contribution >= 4 is 18.5 Å². The molecule has 0 spiro atoms. The normalized spacial score (nSPS) is 11.1. The predicted molar refractivity (Wildman–Crippen MR) is 58.6 cm³/mol. The van der Waals surface area contributed by atoms with Gasteiger partial charge >= 0.3 is 0 Å². The molecule has 0 aromatic carbocycles. The average Bonchev–Trinajstić information content (AvgIpc) is 2.60. The zero-order chi connectivity index (χ0) is 10.6. The molecule has 72 valence electrons. The summed E-state index contributed by atoms with van der Waals surface area (Å²) < 4.78 is 1.35. The Hall–Kier alpha value is -1.55. The number of nitrogens with zero attached hydrogens (tertiary/aromatic N) is 2. The second kappa shape index (κ2) is 4.62. The van der Waals surface area contributed by atoms with Crippen LogP contribution in [0.4, 0.5) is 0 Å². The highest BCUT2D eigenvalue weighted by Crippen LogP contribution is 2.06. The van der Waals surface area contributed by atoms with Crippen LogP contribution in [0.15, 0.2) is 54.5 Å². The maximum atomic E-state index is 11.7. The second-order valence-corrected chi connectivity index (χ2v) is 2.96. The van der Waals surface area contributed by atoms with Crippen LogP contribution in [0.1, 0.15) is 4.79 Å². The molecule has 1 heterocycles. The Morgan fingerprint density at radius 3 is 2.71 bits per heavy atom. The minimum Gasteiger partial charge on any atom is -0.271 e. The lowest BCUT2D eigenvalue weighted by atomic mass is 10.2. The zero-order valence-corrected chi connectivity index (χ0v) is 8.45. The van der Waals surface area contributed by atoms with E-state index in [1.807, 2.05) is 0 Å². The third-order valence-electron chi connectivity index (χ3n) is 1.57. The van der Waals surface area contributed by atoms with Crippen molar-refractivity contribution in [3.8, 4) is 0 Å². The van der Waals surface area contributed by atoms with E-state index >= 15 is 0 Å². The largest absolute Gasteiger partial charge is 0.271 e. The molecule has 1 aromatic heterocycles. The van der Waals surface area contributed by atoms with Gasteiger partial charge in [0.25, 0.3) is 5.91 Å². The molecule has 0 aliphatic carbocycles. The predicted octanol–water partition coefficient (Wildman–Crippen LogP) is 2.11. The molecule has 0 N–H and O–H groups in total. The molecule has 4 heteroatoms. The van der Waals surface area contributed by atoms with Crippen molar-refractivity contribution in [3.05, 3.63) is 49.5 Å². The number of allylic oxidation sites excluding steroid dienone is 4. The molecule has 0 aliphatic rings. The van der Waals surface area contributed by atoms with Crippen molar-refractivity contribution in [2.24, 2.45) is 0 Å². The van der Waals surface area contributed by atoms with Gasteiger partial charge in [0.05, 0.1) is 0 Å². The lowest BCUT2D eigenvalue weighted by Gasteiger charge is -1.99. The second-order valence-electron chi connectivity index (χ2n) is 2.51. The Morgan fingerprint density at radius 1 is 1.57 bits per heavy atom. The molecule has 0 aliphatic heterocycles. The van der Waals surface area contributed by atoms with Crippen LogP contribution >= 0.6 is 12.6 Å². The average molecular weight is 206 g/mol. The molecule has 1 aromatic rings. The van der Waals surface area contributed by atoms with Crippen LogP contribution in [0.2, 0.25) is 0 Å². The van der Waals surface area contributed by atoms with Crippen LogP contribution in [0.3, 0.4) is 0 Å². The van der Waals surface area contributed by atoms with Gasteiger partial charge in [0.1, 0.15) is 11.4 Å². The minimum absolute atomic E-state index is 0.201. The summed E-state index contributed by atoms with van der Waals surface area (Å²) in [5, 5.41) is 0.500. The van der Waals surface area contributed by atoms with Crippen molar-refractivity contribution in [1.29, 1.82) is 0 Å². The van der Waals surface area contributed by atoms with E-state index in [2.05, 4.69) is 30.8 Å². The first-order valence-corrected chi connectivity index (χ1v) is 4.36. The maximum Gasteiger partial charge on any atom is 0.263 e. The van der Waals surface area contributed by atoms with Crippen molar-refractivity contribution in [2.75, 3.05) is 0 Å². The van der Waals surface area contributed by atoms with Gasteiger partial charge < -0.3 is 0 Å². The third-order valence-corrected chi connectivity index (χ3v) is 1.80. The Balaban J connectivity index is 3.00. The molecular formula is C10H10N2OS. The Bertz CT molecular complexity index is 404. The first kappa shape index (κ1) is 10.5. The SMILES string of the molecule is C=C/C=C(\C=C)C(=O)n1cnc(S)c1. The summed E-state index contributed by atoms with van der Waals surface area (Å²) in [6, 6.07) is 0. The standard InChI is InChI=1S/C10H10N2OS/c1-3-5-8(4-2)10(13)12-6-9(14)11-7-12/h3-7,14H,1-2H2/b8-5+. The highest BCUT2D eigenvalue weighted by Gasteiger charge is 2.07. The first-order chi connectivity index (χ1) is 6.69. The Morgan fingerprint density at radius 2 is 2.29 bits per heavy atom. The van der Waals surface area contributed by atoms with Crippen molar-refractivity contribution in [3.63, 3.8) is 0 Å². The van der Waals surface area contributed by atoms with Gasteiger partial charge in [0, 0.05) is 11.8 Å². The fourth-order valence-electron chi connectivity index (χ4n) is 0.926. The summed E-state index contributed by atoms with van der Waals surface area (Å²) in [4.78, 5) is 15.5. The van der Waals surface area contributed by atoms with Gasteiger partial charge in [-0.1, -0.05) is 31.4 Å². The van der Waals surface area contributed by atoms with Gasteiger partial charge in [0.15, 0.2) is 0 Å². The van der Waals surface area contributed by atoms with Crippen LogP contribution < -0.4 is 0 Å². The number of aromatic nitrogens is 2. The van der Waals surface area contributed by atoms with E-state index < -0.39 is 0 Å². The van der Waals surface area contributed by atoms with Crippen LogP contribution in [0, 0.1) is 0 Å². The number of rotatable bonds is 3. The van der Waals surface area contributed by atoms with E-state index in [0.29, 0.717) is 10.6 Å². The van der Waals surface area contributed by atoms with Crippen molar-refractivity contribution in [1.82, 2.24) is 9.55 Å². The van der Waals surface area contributed by atoms with Gasteiger partial charge in [-0.15, -0.1) is 12.6 Å². The van der Waals surface area contributed by atoms with E-state index in [4.69, 9.17) is 0 Å². The first-order valence-electron chi connectivity index (χ1n) is 3.92. The highest BCUT2D eigenvalue weighted by molar-refractivity contribution is 7.80. The smallest absolute Gasteiger partial charge is 0.263 e. The number of hydrogen-bond acceptors (Lipinski definition) is 3. The molecular weight excluding hydrogens is 196 g/mol. The molecule has 0 saturated heterocycles. The number of hydrogen-bond donors (Lipinski definition) is 1.